The van der Waals surface area contributed by atoms with Crippen LogP contribution in [0.4, 0.5) is 5.69 Å². The minimum atomic E-state index is -3.65. The average molecular weight is 517 g/mol. The van der Waals surface area contributed by atoms with Crippen molar-refractivity contribution in [2.45, 2.75) is 6.92 Å². The Morgan fingerprint density at radius 1 is 1.29 bits per heavy atom. The Labute approximate surface area is 177 Å². The van der Waals surface area contributed by atoms with Gasteiger partial charge in [0.25, 0.3) is 5.91 Å². The third-order valence-electron chi connectivity index (χ3n) is 3.49. The van der Waals surface area contributed by atoms with Crippen LogP contribution in [-0.4, -0.2) is 45.1 Å². The lowest BCUT2D eigenvalue weighted by Crippen LogP contribution is -2.39. The van der Waals surface area contributed by atoms with Gasteiger partial charge in [0, 0.05) is 3.57 Å². The standard InChI is InChI=1S/C18H20IN3O5S/c1-3-27-17-10-13(4-9-16(17)23)11-20-21-18(24)12-22(28(2,25)26)15-7-5-14(19)6-8-15/h4-11,23H,3,12H2,1-2H3,(H,21,24)/b20-11-. The van der Waals surface area contributed by atoms with Crippen LogP contribution in [0.5, 0.6) is 11.5 Å². The summed E-state index contributed by atoms with van der Waals surface area (Å²) in [6.45, 7) is 1.78. The highest BCUT2D eigenvalue weighted by Gasteiger charge is 2.20. The number of nitrogens with one attached hydrogen (secondary N) is 1. The normalized spacial score (nSPS) is 11.4. The molecule has 0 saturated heterocycles. The van der Waals surface area contributed by atoms with Gasteiger partial charge in [-0.3, -0.25) is 9.10 Å². The van der Waals surface area contributed by atoms with E-state index in [2.05, 4.69) is 33.1 Å². The molecule has 0 radical (unpaired) electrons. The van der Waals surface area contributed by atoms with Gasteiger partial charge in [-0.2, -0.15) is 5.10 Å². The number of benzene rings is 2. The first kappa shape index (κ1) is 22.0. The molecule has 0 bridgehead atoms. The molecular weight excluding hydrogens is 497 g/mol. The van der Waals surface area contributed by atoms with Crippen LogP contribution >= 0.6 is 22.6 Å². The first-order chi connectivity index (χ1) is 13.2. The highest BCUT2D eigenvalue weighted by Crippen LogP contribution is 2.26. The Morgan fingerprint density at radius 3 is 2.57 bits per heavy atom. The Morgan fingerprint density at radius 2 is 1.96 bits per heavy atom. The number of carbonyl (C=O) groups excluding carboxylic acids is 1. The average Bonchev–Trinajstić information content (AvgIpc) is 2.62. The third kappa shape index (κ3) is 6.37. The van der Waals surface area contributed by atoms with Crippen LogP contribution in [0.2, 0.25) is 0 Å². The van der Waals surface area contributed by atoms with E-state index in [4.69, 9.17) is 4.74 Å². The molecule has 2 aromatic rings. The van der Waals surface area contributed by atoms with Crippen LogP contribution < -0.4 is 14.5 Å². The lowest BCUT2D eigenvalue weighted by molar-refractivity contribution is -0.119. The molecule has 10 heteroatoms. The number of rotatable bonds is 8. The molecule has 0 saturated carbocycles. The molecule has 28 heavy (non-hydrogen) atoms. The molecule has 0 atom stereocenters. The predicted octanol–water partition coefficient (Wildman–Crippen LogP) is 2.31. The van der Waals surface area contributed by atoms with Crippen molar-refractivity contribution in [3.63, 3.8) is 0 Å². The Kier molecular flexibility index (Phi) is 7.63. The molecule has 0 aliphatic carbocycles. The summed E-state index contributed by atoms with van der Waals surface area (Å²) in [6, 6.07) is 11.4. The molecule has 0 unspecified atom stereocenters. The zero-order valence-corrected chi connectivity index (χ0v) is 18.3. The van der Waals surface area contributed by atoms with E-state index in [1.165, 1.54) is 12.3 Å². The maximum absolute atomic E-state index is 12.2. The van der Waals surface area contributed by atoms with E-state index in [0.717, 1.165) is 14.1 Å². The smallest absolute Gasteiger partial charge is 0.260 e. The summed E-state index contributed by atoms with van der Waals surface area (Å²) in [7, 11) is -3.65. The second-order valence-electron chi connectivity index (χ2n) is 5.70. The van der Waals surface area contributed by atoms with Gasteiger partial charge in [0.15, 0.2) is 11.5 Å². The summed E-state index contributed by atoms with van der Waals surface area (Å²) in [5, 5.41) is 13.5. The van der Waals surface area contributed by atoms with Gasteiger partial charge in [0.1, 0.15) is 6.54 Å². The molecule has 1 amide bonds. The zero-order valence-electron chi connectivity index (χ0n) is 15.3. The van der Waals surface area contributed by atoms with Gasteiger partial charge in [-0.15, -0.1) is 0 Å². The van der Waals surface area contributed by atoms with Crippen LogP contribution in [0.15, 0.2) is 47.6 Å². The van der Waals surface area contributed by atoms with E-state index in [1.807, 2.05) is 0 Å². The Hall–Kier alpha value is -2.34. The minimum Gasteiger partial charge on any atom is -0.504 e. The van der Waals surface area contributed by atoms with Gasteiger partial charge >= 0.3 is 0 Å². The molecule has 150 valence electrons. The molecule has 0 heterocycles. The van der Waals surface area contributed by atoms with Crippen molar-refractivity contribution < 1.29 is 23.1 Å². The monoisotopic (exact) mass is 517 g/mol. The summed E-state index contributed by atoms with van der Waals surface area (Å²) in [6.07, 6.45) is 2.41. The van der Waals surface area contributed by atoms with E-state index in [9.17, 15) is 18.3 Å². The molecule has 2 N–H and O–H groups in total. The largest absolute Gasteiger partial charge is 0.504 e. The lowest BCUT2D eigenvalue weighted by Gasteiger charge is -2.21. The molecule has 0 spiro atoms. The number of nitrogens with zero attached hydrogens (tertiary/aromatic N) is 2. The van der Waals surface area contributed by atoms with E-state index in [1.54, 1.807) is 43.3 Å². The number of halogens is 1. The number of carbonyl (C=O) groups is 1. The van der Waals surface area contributed by atoms with Crippen molar-refractivity contribution in [1.29, 1.82) is 0 Å². The first-order valence-electron chi connectivity index (χ1n) is 8.21. The number of phenols is 1. The number of sulfonamides is 1. The highest BCUT2D eigenvalue weighted by molar-refractivity contribution is 14.1. The number of hydrogen-bond acceptors (Lipinski definition) is 6. The number of amides is 1. The lowest BCUT2D eigenvalue weighted by atomic mass is 10.2. The minimum absolute atomic E-state index is 0.00403. The van der Waals surface area contributed by atoms with E-state index in [-0.39, 0.29) is 5.75 Å². The molecule has 0 fully saturated rings. The van der Waals surface area contributed by atoms with Gasteiger partial charge in [0.2, 0.25) is 10.0 Å². The molecule has 2 rings (SSSR count). The highest BCUT2D eigenvalue weighted by atomic mass is 127. The molecule has 0 aliphatic rings. The fourth-order valence-corrected chi connectivity index (χ4v) is 3.45. The quantitative estimate of drug-likeness (QED) is 0.318. The maximum atomic E-state index is 12.2. The number of aromatic hydroxyl groups is 1. The third-order valence-corrected chi connectivity index (χ3v) is 5.35. The molecule has 0 aromatic heterocycles. The van der Waals surface area contributed by atoms with E-state index in [0.29, 0.717) is 23.6 Å². The van der Waals surface area contributed by atoms with Crippen molar-refractivity contribution in [1.82, 2.24) is 5.43 Å². The van der Waals surface area contributed by atoms with Crippen LogP contribution in [0.3, 0.4) is 0 Å². The van der Waals surface area contributed by atoms with Crippen molar-refractivity contribution in [3.05, 3.63) is 51.6 Å². The maximum Gasteiger partial charge on any atom is 0.260 e. The first-order valence-corrected chi connectivity index (χ1v) is 11.1. The number of phenolic OH excluding ortho intramolecular Hbond substituents is 1. The summed E-state index contributed by atoms with van der Waals surface area (Å²) in [5.41, 5.74) is 3.29. The van der Waals surface area contributed by atoms with Crippen LogP contribution in [0.25, 0.3) is 0 Å². The number of anilines is 1. The molecule has 8 nitrogen and oxygen atoms in total. The molecule has 2 aromatic carbocycles. The predicted molar refractivity (Wildman–Crippen MR) is 116 cm³/mol. The number of hydrazone groups is 1. The van der Waals surface area contributed by atoms with Gasteiger partial charge in [-0.05, 0) is 77.5 Å². The van der Waals surface area contributed by atoms with Crippen molar-refractivity contribution in [3.8, 4) is 11.5 Å². The van der Waals surface area contributed by atoms with Gasteiger partial charge in [-0.25, -0.2) is 13.8 Å². The van der Waals surface area contributed by atoms with Crippen molar-refractivity contribution in [2.75, 3.05) is 23.7 Å². The number of ether oxygens (including phenoxy) is 1. The summed E-state index contributed by atoms with van der Waals surface area (Å²) in [4.78, 5) is 12.2. The van der Waals surface area contributed by atoms with Crippen LogP contribution in [0.1, 0.15) is 12.5 Å². The molecule has 0 aliphatic heterocycles. The summed E-state index contributed by atoms with van der Waals surface area (Å²) in [5.74, 6) is -0.284. The van der Waals surface area contributed by atoms with Crippen LogP contribution in [-0.2, 0) is 14.8 Å². The summed E-state index contributed by atoms with van der Waals surface area (Å²) >= 11 is 2.11. The van der Waals surface area contributed by atoms with Crippen molar-refractivity contribution >= 4 is 50.4 Å². The number of hydrogen-bond donors (Lipinski definition) is 2. The van der Waals surface area contributed by atoms with Gasteiger partial charge < -0.3 is 9.84 Å². The zero-order chi connectivity index (χ0) is 20.7. The second kappa shape index (κ2) is 9.73. The van der Waals surface area contributed by atoms with E-state index >= 15 is 0 Å². The van der Waals surface area contributed by atoms with Crippen molar-refractivity contribution in [2.24, 2.45) is 5.10 Å². The van der Waals surface area contributed by atoms with E-state index < -0.39 is 22.5 Å². The van der Waals surface area contributed by atoms with Gasteiger partial charge in [0.05, 0.1) is 24.8 Å². The Bertz CT molecular complexity index is 962. The second-order valence-corrected chi connectivity index (χ2v) is 8.85. The van der Waals surface area contributed by atoms with Gasteiger partial charge in [-0.1, -0.05) is 0 Å². The summed E-state index contributed by atoms with van der Waals surface area (Å²) < 4.78 is 31.3. The van der Waals surface area contributed by atoms with Crippen LogP contribution in [0, 0.1) is 3.57 Å². The fraction of sp³-hybridized carbons (Fsp3) is 0.222. The fourth-order valence-electron chi connectivity index (χ4n) is 2.23. The topological polar surface area (TPSA) is 108 Å². The SMILES string of the molecule is CCOc1cc(/C=N\NC(=O)CN(c2ccc(I)cc2)S(C)(=O)=O)ccc1O. The molecular formula is C18H20IN3O5S. The Balaban J connectivity index is 2.06.